The zero-order valence-corrected chi connectivity index (χ0v) is 46.0. The summed E-state index contributed by atoms with van der Waals surface area (Å²) in [5.41, 5.74) is 0. The number of hydrogen-bond donors (Lipinski definition) is 1. The first-order chi connectivity index (χ1) is 32.4. The normalized spacial score (nSPS) is 14.0. The number of rotatable bonds is 52. The van der Waals surface area contributed by atoms with Crippen molar-refractivity contribution in [2.75, 3.05) is 40.9 Å². The Bertz CT molecular complexity index is 1210. The van der Waals surface area contributed by atoms with E-state index in [1.165, 1.54) is 173 Å². The number of unbranched alkanes of at least 4 members (excludes halogenated alkanes) is 34. The molecule has 9 nitrogen and oxygen atoms in total. The molecule has 0 aliphatic rings. The van der Waals surface area contributed by atoms with Crippen LogP contribution in [0.25, 0.3) is 0 Å². The van der Waals surface area contributed by atoms with Crippen LogP contribution in [0.5, 0.6) is 0 Å². The van der Waals surface area contributed by atoms with Crippen LogP contribution in [0.15, 0.2) is 24.3 Å². The highest BCUT2D eigenvalue weighted by atomic mass is 31.2. The average molecular weight is 967 g/mol. The highest BCUT2D eigenvalue weighted by Gasteiger charge is 2.27. The second-order valence-electron chi connectivity index (χ2n) is 20.8. The van der Waals surface area contributed by atoms with E-state index in [1.807, 2.05) is 33.3 Å². The van der Waals surface area contributed by atoms with Crippen molar-refractivity contribution in [2.45, 2.75) is 290 Å². The molecule has 1 amide bonds. The Hall–Kier alpha value is -1.51. The van der Waals surface area contributed by atoms with E-state index < -0.39 is 20.0 Å². The molecule has 0 aliphatic heterocycles. The van der Waals surface area contributed by atoms with Gasteiger partial charge in [0.05, 0.1) is 33.8 Å². The number of quaternary nitrogens is 1. The molecule has 0 aromatic carbocycles. The van der Waals surface area contributed by atoms with E-state index in [9.17, 15) is 19.0 Å². The third-order valence-electron chi connectivity index (χ3n) is 12.9. The molecule has 0 aromatic heterocycles. The molecule has 0 fully saturated rings. The predicted octanol–water partition coefficient (Wildman–Crippen LogP) is 16.4. The first-order valence-corrected chi connectivity index (χ1v) is 30.1. The maximum Gasteiger partial charge on any atom is 0.306 e. The lowest BCUT2D eigenvalue weighted by Crippen LogP contribution is -2.47. The van der Waals surface area contributed by atoms with Crippen LogP contribution in [0.1, 0.15) is 278 Å². The number of phosphoric acid groups is 1. The molecule has 0 heterocycles. The summed E-state index contributed by atoms with van der Waals surface area (Å²) in [4.78, 5) is 39.8. The second kappa shape index (κ2) is 48.1. The van der Waals surface area contributed by atoms with Crippen LogP contribution >= 0.6 is 7.82 Å². The van der Waals surface area contributed by atoms with Gasteiger partial charge in [-0.2, -0.15) is 0 Å². The van der Waals surface area contributed by atoms with Crippen molar-refractivity contribution in [3.8, 4) is 0 Å². The largest absolute Gasteiger partial charge is 0.756 e. The lowest BCUT2D eigenvalue weighted by Gasteiger charge is -2.30. The molecule has 0 aliphatic carbocycles. The average Bonchev–Trinajstić information content (AvgIpc) is 3.28. The molecule has 10 heteroatoms. The van der Waals surface area contributed by atoms with Gasteiger partial charge in [-0.15, -0.1) is 0 Å². The highest BCUT2D eigenvalue weighted by molar-refractivity contribution is 7.45. The minimum absolute atomic E-state index is 0.0199. The summed E-state index contributed by atoms with van der Waals surface area (Å²) >= 11 is 0. The van der Waals surface area contributed by atoms with E-state index in [-0.39, 0.29) is 31.5 Å². The standard InChI is InChI=1S/C57H111N2O7P/c1-7-10-13-16-19-22-25-27-28-29-30-32-35-37-40-43-46-49-56(60)58-54(53-65-67(62,63)64-52-51-59(4,5)6)55(48-45-42-39-36-34-31-26-23-20-17-14-11-8-2)66-57(61)50-47-44-41-38-33-24-21-18-15-12-9-3/h27-28,45,48,54-55H,7-26,29-44,46-47,49-53H2,1-6H3,(H-,58,60,62,63)/b28-27+,48-45+. The number of nitrogens with zero attached hydrogens (tertiary/aromatic N) is 1. The molecule has 3 atom stereocenters. The fourth-order valence-electron chi connectivity index (χ4n) is 8.40. The fourth-order valence-corrected chi connectivity index (χ4v) is 9.12. The van der Waals surface area contributed by atoms with Gasteiger partial charge in [0.1, 0.15) is 19.3 Å². The number of nitrogens with one attached hydrogen (secondary N) is 1. The molecular formula is C57H111N2O7P. The molecule has 0 rings (SSSR count). The SMILES string of the molecule is CCCCCCCC/C=C/CCCCCCCCCC(=O)NC(COP(=O)([O-])OCC[N+](C)(C)C)C(/C=C/CCCCCCCCCCCCC)OC(=O)CCCCCCCCCCCCC. The third-order valence-corrected chi connectivity index (χ3v) is 13.8. The van der Waals surface area contributed by atoms with Crippen molar-refractivity contribution >= 4 is 19.7 Å². The number of likely N-dealkylation sites (N-methyl/N-ethyl adjacent to an activating group) is 1. The summed E-state index contributed by atoms with van der Waals surface area (Å²) in [5, 5.41) is 3.02. The monoisotopic (exact) mass is 967 g/mol. The highest BCUT2D eigenvalue weighted by Crippen LogP contribution is 2.38. The van der Waals surface area contributed by atoms with Gasteiger partial charge in [-0.05, 0) is 57.4 Å². The number of ether oxygens (including phenoxy) is 1. The van der Waals surface area contributed by atoms with E-state index >= 15 is 0 Å². The Morgan fingerprint density at radius 2 is 0.866 bits per heavy atom. The topological polar surface area (TPSA) is 114 Å². The van der Waals surface area contributed by atoms with Crippen LogP contribution in [0.3, 0.4) is 0 Å². The van der Waals surface area contributed by atoms with Crippen LogP contribution in [-0.4, -0.2) is 69.4 Å². The van der Waals surface area contributed by atoms with E-state index in [4.69, 9.17) is 13.8 Å². The van der Waals surface area contributed by atoms with Gasteiger partial charge in [0.25, 0.3) is 7.82 Å². The van der Waals surface area contributed by atoms with Gasteiger partial charge in [0.2, 0.25) is 5.91 Å². The summed E-state index contributed by atoms with van der Waals surface area (Å²) in [6.45, 7) is 6.85. The molecule has 3 unspecified atom stereocenters. The van der Waals surface area contributed by atoms with E-state index in [0.29, 0.717) is 17.4 Å². The van der Waals surface area contributed by atoms with Crippen molar-refractivity contribution < 1.29 is 37.3 Å². The summed E-state index contributed by atoms with van der Waals surface area (Å²) < 4.78 is 30.2. The van der Waals surface area contributed by atoms with E-state index in [0.717, 1.165) is 70.6 Å². The zero-order valence-electron chi connectivity index (χ0n) is 45.1. The summed E-state index contributed by atoms with van der Waals surface area (Å²) in [7, 11) is 1.19. The van der Waals surface area contributed by atoms with Crippen LogP contribution in [0, 0.1) is 0 Å². The number of allylic oxidation sites excluding steroid dienone is 3. The van der Waals surface area contributed by atoms with Crippen LogP contribution in [0.4, 0.5) is 0 Å². The Balaban J connectivity index is 5.33. The van der Waals surface area contributed by atoms with Gasteiger partial charge in [0.15, 0.2) is 0 Å². The Labute approximate surface area is 415 Å². The van der Waals surface area contributed by atoms with Crippen molar-refractivity contribution in [2.24, 2.45) is 0 Å². The molecule has 396 valence electrons. The van der Waals surface area contributed by atoms with Gasteiger partial charge < -0.3 is 28.5 Å². The van der Waals surface area contributed by atoms with Crippen LogP contribution < -0.4 is 10.2 Å². The predicted molar refractivity (Wildman–Crippen MR) is 284 cm³/mol. The summed E-state index contributed by atoms with van der Waals surface area (Å²) in [5.74, 6) is -0.536. The van der Waals surface area contributed by atoms with Crippen molar-refractivity contribution in [3.05, 3.63) is 24.3 Å². The number of carbonyl (C=O) groups excluding carboxylic acids is 2. The molecule has 0 radical (unpaired) electrons. The number of amides is 1. The minimum Gasteiger partial charge on any atom is -0.756 e. The molecule has 0 spiro atoms. The maximum absolute atomic E-state index is 13.5. The second-order valence-corrected chi connectivity index (χ2v) is 22.2. The Kier molecular flexibility index (Phi) is 47.0. The fraction of sp³-hybridized carbons (Fsp3) is 0.895. The van der Waals surface area contributed by atoms with Crippen LogP contribution in [0.2, 0.25) is 0 Å². The van der Waals surface area contributed by atoms with Gasteiger partial charge in [-0.25, -0.2) is 0 Å². The van der Waals surface area contributed by atoms with E-state index in [2.05, 4.69) is 38.2 Å². The first kappa shape index (κ1) is 65.5. The lowest BCUT2D eigenvalue weighted by molar-refractivity contribution is -0.870. The minimum atomic E-state index is -4.69. The molecule has 0 bridgehead atoms. The maximum atomic E-state index is 13.5. The molecule has 0 aromatic rings. The molecular weight excluding hydrogens is 856 g/mol. The molecule has 67 heavy (non-hydrogen) atoms. The van der Waals surface area contributed by atoms with Crippen LogP contribution in [-0.2, 0) is 27.9 Å². The summed E-state index contributed by atoms with van der Waals surface area (Å²) in [6, 6.07) is -0.883. The van der Waals surface area contributed by atoms with Gasteiger partial charge in [-0.1, -0.05) is 232 Å². The van der Waals surface area contributed by atoms with E-state index in [1.54, 1.807) is 0 Å². The first-order valence-electron chi connectivity index (χ1n) is 28.6. The number of phosphoric ester groups is 1. The number of esters is 1. The van der Waals surface area contributed by atoms with Crippen molar-refractivity contribution in [1.29, 1.82) is 0 Å². The zero-order chi connectivity index (χ0) is 49.4. The Morgan fingerprint density at radius 1 is 0.507 bits per heavy atom. The molecule has 1 N–H and O–H groups in total. The van der Waals surface area contributed by atoms with Crippen molar-refractivity contribution in [1.82, 2.24) is 5.32 Å². The lowest BCUT2D eigenvalue weighted by atomic mass is 10.0. The van der Waals surface area contributed by atoms with Gasteiger partial charge in [-0.3, -0.25) is 14.2 Å². The smallest absolute Gasteiger partial charge is 0.306 e. The summed E-state index contributed by atoms with van der Waals surface area (Å²) in [6.07, 6.45) is 54.2. The quantitative estimate of drug-likeness (QED) is 0.0212. The van der Waals surface area contributed by atoms with Gasteiger partial charge in [0, 0.05) is 12.8 Å². The number of carbonyl (C=O) groups is 2. The van der Waals surface area contributed by atoms with Crippen molar-refractivity contribution in [3.63, 3.8) is 0 Å². The number of hydrogen-bond acceptors (Lipinski definition) is 7. The Morgan fingerprint density at radius 3 is 1.27 bits per heavy atom. The molecule has 0 saturated carbocycles. The molecule has 0 saturated heterocycles. The van der Waals surface area contributed by atoms with Gasteiger partial charge >= 0.3 is 5.97 Å². The third kappa shape index (κ3) is 49.3.